The van der Waals surface area contributed by atoms with E-state index in [2.05, 4.69) is 15.1 Å². The summed E-state index contributed by atoms with van der Waals surface area (Å²) in [6.07, 6.45) is 1.73. The molecule has 0 aliphatic carbocycles. The van der Waals surface area contributed by atoms with Crippen LogP contribution in [-0.4, -0.2) is 50.7 Å². The van der Waals surface area contributed by atoms with Gasteiger partial charge in [0.2, 0.25) is 5.89 Å². The molecule has 1 saturated heterocycles. The summed E-state index contributed by atoms with van der Waals surface area (Å²) in [6, 6.07) is 9.27. The molecule has 1 aliphatic rings. The predicted molar refractivity (Wildman–Crippen MR) is 90.0 cm³/mol. The molecule has 7 heteroatoms. The van der Waals surface area contributed by atoms with Crippen molar-refractivity contribution in [2.24, 2.45) is 5.92 Å². The zero-order valence-electron chi connectivity index (χ0n) is 13.8. The topological polar surface area (TPSA) is 92.4 Å². The van der Waals surface area contributed by atoms with Crippen LogP contribution in [0, 0.1) is 12.8 Å². The number of hydrogen-bond donors (Lipinski definition) is 1. The van der Waals surface area contributed by atoms with Gasteiger partial charge in [0.1, 0.15) is 0 Å². The van der Waals surface area contributed by atoms with Gasteiger partial charge in [0.25, 0.3) is 5.91 Å². The number of fused-ring (bicyclic) bond motifs is 1. The van der Waals surface area contributed by atoms with Crippen LogP contribution in [0.2, 0.25) is 0 Å². The van der Waals surface area contributed by atoms with Crippen LogP contribution >= 0.6 is 0 Å². The third-order valence-electron chi connectivity index (χ3n) is 4.67. The fourth-order valence-corrected chi connectivity index (χ4v) is 3.36. The van der Waals surface area contributed by atoms with Crippen molar-refractivity contribution in [3.63, 3.8) is 0 Å². The number of aliphatic hydroxyl groups excluding tert-OH is 1. The minimum Gasteiger partial charge on any atom is -0.396 e. The second kappa shape index (κ2) is 6.25. The molecular weight excluding hydrogens is 320 g/mol. The first kappa shape index (κ1) is 15.7. The Kier molecular flexibility index (Phi) is 3.93. The Hall–Kier alpha value is -2.80. The molecule has 1 aromatic carbocycles. The molecule has 1 N–H and O–H groups in total. The average Bonchev–Trinajstić information content (AvgIpc) is 3.26. The van der Waals surface area contributed by atoms with E-state index in [9.17, 15) is 9.90 Å². The van der Waals surface area contributed by atoms with Crippen LogP contribution < -0.4 is 0 Å². The average molecular weight is 338 g/mol. The summed E-state index contributed by atoms with van der Waals surface area (Å²) in [7, 11) is 0. The molecule has 128 valence electrons. The van der Waals surface area contributed by atoms with E-state index in [0.29, 0.717) is 30.4 Å². The van der Waals surface area contributed by atoms with Crippen molar-refractivity contribution < 1.29 is 14.4 Å². The maximum atomic E-state index is 12.9. The Bertz CT molecular complexity index is 923. The molecule has 0 spiro atoms. The first-order chi connectivity index (χ1) is 12.2. The molecule has 0 saturated carbocycles. The van der Waals surface area contributed by atoms with Gasteiger partial charge in [-0.3, -0.25) is 9.78 Å². The van der Waals surface area contributed by atoms with E-state index in [0.717, 1.165) is 10.9 Å². The molecule has 3 aromatic rings. The van der Waals surface area contributed by atoms with Gasteiger partial charge in [-0.15, -0.1) is 0 Å². The van der Waals surface area contributed by atoms with E-state index in [1.807, 2.05) is 24.3 Å². The lowest BCUT2D eigenvalue weighted by Crippen LogP contribution is -2.29. The number of hydrogen-bond acceptors (Lipinski definition) is 6. The standard InChI is InChI=1S/C18H18N4O3/c1-11-20-17(25-21-11)15-9-22(8-14(15)10-23)18(24)13-4-5-16-12(7-13)3-2-6-19-16/h2-7,14-15,23H,8-10H2,1H3/t14-,15+/m0/s1. The van der Waals surface area contributed by atoms with E-state index >= 15 is 0 Å². The maximum absolute atomic E-state index is 12.9. The van der Waals surface area contributed by atoms with E-state index in [4.69, 9.17) is 4.52 Å². The summed E-state index contributed by atoms with van der Waals surface area (Å²) in [4.78, 5) is 23.2. The van der Waals surface area contributed by atoms with Crippen molar-refractivity contribution in [1.29, 1.82) is 0 Å². The smallest absolute Gasteiger partial charge is 0.253 e. The van der Waals surface area contributed by atoms with Gasteiger partial charge in [0.05, 0.1) is 11.4 Å². The van der Waals surface area contributed by atoms with Crippen LogP contribution in [0.4, 0.5) is 0 Å². The summed E-state index contributed by atoms with van der Waals surface area (Å²) < 4.78 is 5.25. The number of aryl methyl sites for hydroxylation is 1. The fraction of sp³-hybridized carbons (Fsp3) is 0.333. The van der Waals surface area contributed by atoms with Crippen molar-refractivity contribution in [3.05, 3.63) is 53.8 Å². The molecule has 25 heavy (non-hydrogen) atoms. The van der Waals surface area contributed by atoms with Crippen molar-refractivity contribution in [2.75, 3.05) is 19.7 Å². The first-order valence-corrected chi connectivity index (χ1v) is 8.21. The number of amides is 1. The lowest BCUT2D eigenvalue weighted by Gasteiger charge is -2.16. The number of benzene rings is 1. The Labute approximate surface area is 144 Å². The molecule has 0 radical (unpaired) electrons. The number of rotatable bonds is 3. The van der Waals surface area contributed by atoms with E-state index < -0.39 is 0 Å². The van der Waals surface area contributed by atoms with E-state index in [1.165, 1.54) is 0 Å². The normalized spacial score (nSPS) is 20.3. The van der Waals surface area contributed by atoms with Crippen molar-refractivity contribution in [3.8, 4) is 0 Å². The Morgan fingerprint density at radius 2 is 2.24 bits per heavy atom. The number of nitrogens with zero attached hydrogens (tertiary/aromatic N) is 4. The minimum atomic E-state index is -0.141. The Morgan fingerprint density at radius 1 is 1.36 bits per heavy atom. The number of likely N-dealkylation sites (tertiary alicyclic amines) is 1. The van der Waals surface area contributed by atoms with Crippen LogP contribution in [0.3, 0.4) is 0 Å². The minimum absolute atomic E-state index is 0.0302. The summed E-state index contributed by atoms with van der Waals surface area (Å²) in [5, 5.41) is 14.4. The summed E-state index contributed by atoms with van der Waals surface area (Å²) in [5.74, 6) is 0.721. The number of aliphatic hydroxyl groups is 1. The summed E-state index contributed by atoms with van der Waals surface area (Å²) in [5.41, 5.74) is 1.47. The van der Waals surface area contributed by atoms with E-state index in [-0.39, 0.29) is 24.3 Å². The van der Waals surface area contributed by atoms with Crippen molar-refractivity contribution >= 4 is 16.8 Å². The van der Waals surface area contributed by atoms with Gasteiger partial charge in [-0.25, -0.2) is 0 Å². The van der Waals surface area contributed by atoms with Gasteiger partial charge in [0.15, 0.2) is 5.82 Å². The molecule has 0 unspecified atom stereocenters. The zero-order valence-corrected chi connectivity index (χ0v) is 13.8. The molecule has 0 bridgehead atoms. The van der Waals surface area contributed by atoms with Gasteiger partial charge in [-0.05, 0) is 31.2 Å². The molecule has 2 aromatic heterocycles. The molecule has 2 atom stereocenters. The molecule has 1 amide bonds. The van der Waals surface area contributed by atoms with Gasteiger partial charge >= 0.3 is 0 Å². The molecule has 3 heterocycles. The van der Waals surface area contributed by atoms with Crippen molar-refractivity contribution in [2.45, 2.75) is 12.8 Å². The second-order valence-electron chi connectivity index (χ2n) is 6.35. The summed E-state index contributed by atoms with van der Waals surface area (Å²) in [6.45, 7) is 2.64. The third-order valence-corrected chi connectivity index (χ3v) is 4.67. The Morgan fingerprint density at radius 3 is 3.00 bits per heavy atom. The number of pyridine rings is 1. The highest BCUT2D eigenvalue weighted by atomic mass is 16.5. The molecular formula is C18H18N4O3. The fourth-order valence-electron chi connectivity index (χ4n) is 3.36. The van der Waals surface area contributed by atoms with Gasteiger partial charge in [-0.1, -0.05) is 11.2 Å². The quantitative estimate of drug-likeness (QED) is 0.782. The highest BCUT2D eigenvalue weighted by molar-refractivity contribution is 5.98. The molecule has 4 rings (SSSR count). The van der Waals surface area contributed by atoms with Crippen LogP contribution in [0.15, 0.2) is 41.1 Å². The highest BCUT2D eigenvalue weighted by Crippen LogP contribution is 2.32. The maximum Gasteiger partial charge on any atom is 0.253 e. The first-order valence-electron chi connectivity index (χ1n) is 8.21. The lowest BCUT2D eigenvalue weighted by molar-refractivity contribution is 0.0781. The second-order valence-corrected chi connectivity index (χ2v) is 6.35. The van der Waals surface area contributed by atoms with Crippen LogP contribution in [0.1, 0.15) is 28.0 Å². The van der Waals surface area contributed by atoms with Crippen LogP contribution in [0.5, 0.6) is 0 Å². The monoisotopic (exact) mass is 338 g/mol. The van der Waals surface area contributed by atoms with Crippen LogP contribution in [0.25, 0.3) is 10.9 Å². The lowest BCUT2D eigenvalue weighted by atomic mass is 9.97. The largest absolute Gasteiger partial charge is 0.396 e. The van der Waals surface area contributed by atoms with Crippen molar-refractivity contribution in [1.82, 2.24) is 20.0 Å². The third kappa shape index (κ3) is 2.87. The Balaban J connectivity index is 1.59. The molecule has 1 aliphatic heterocycles. The predicted octanol–water partition coefficient (Wildman–Crippen LogP) is 1.77. The molecule has 7 nitrogen and oxygen atoms in total. The zero-order chi connectivity index (χ0) is 17.4. The van der Waals surface area contributed by atoms with E-state index in [1.54, 1.807) is 24.1 Å². The van der Waals surface area contributed by atoms with Gasteiger partial charge < -0.3 is 14.5 Å². The molecule has 1 fully saturated rings. The van der Waals surface area contributed by atoms with Crippen LogP contribution in [-0.2, 0) is 0 Å². The number of carbonyl (C=O) groups is 1. The SMILES string of the molecule is Cc1noc([C@@H]2CN(C(=O)c3ccc4ncccc4c3)C[C@H]2CO)n1. The summed E-state index contributed by atoms with van der Waals surface area (Å²) >= 11 is 0. The number of carbonyl (C=O) groups excluding carboxylic acids is 1. The van der Waals surface area contributed by atoms with Gasteiger partial charge in [-0.2, -0.15) is 4.98 Å². The highest BCUT2D eigenvalue weighted by Gasteiger charge is 2.39. The number of aromatic nitrogens is 3. The van der Waals surface area contributed by atoms with Gasteiger partial charge in [0, 0.05) is 42.8 Å².